The highest BCUT2D eigenvalue weighted by atomic mass is 14.0. The lowest BCUT2D eigenvalue weighted by Gasteiger charge is -2.00. The third-order valence-electron chi connectivity index (χ3n) is 5.41. The molecule has 3 aromatic rings. The van der Waals surface area contributed by atoms with Gasteiger partial charge in [0, 0.05) is 0 Å². The number of aryl methyl sites for hydroxylation is 7. The minimum absolute atomic E-state index is 1.35. The van der Waals surface area contributed by atoms with Crippen molar-refractivity contribution >= 4 is 0 Å². The van der Waals surface area contributed by atoms with Crippen LogP contribution in [0.15, 0.2) is 54.6 Å². The topological polar surface area (TPSA) is 0 Å². The van der Waals surface area contributed by atoms with Crippen molar-refractivity contribution in [1.82, 2.24) is 0 Å². The summed E-state index contributed by atoms with van der Waals surface area (Å²) in [5.74, 6) is 0. The molecule has 0 heteroatoms. The molecule has 0 aliphatic rings. The van der Waals surface area contributed by atoms with Gasteiger partial charge >= 0.3 is 0 Å². The quantitative estimate of drug-likeness (QED) is 0.383. The first kappa shape index (κ1) is 22.7. The van der Waals surface area contributed by atoms with E-state index in [0.29, 0.717) is 0 Å². The predicted molar refractivity (Wildman–Crippen MR) is 122 cm³/mol. The molecule has 0 aliphatic carbocycles. The molecule has 3 aromatic carbocycles. The Morgan fingerprint density at radius 2 is 0.741 bits per heavy atom. The van der Waals surface area contributed by atoms with Crippen LogP contribution in [0.1, 0.15) is 50.1 Å². The highest BCUT2D eigenvalue weighted by molar-refractivity contribution is 5.32. The van der Waals surface area contributed by atoms with Crippen LogP contribution in [0.2, 0.25) is 0 Å². The maximum atomic E-state index is 2.20. The molecule has 0 radical (unpaired) electrons. The summed E-state index contributed by atoms with van der Waals surface area (Å²) in [5.41, 5.74) is 12.5. The summed E-state index contributed by atoms with van der Waals surface area (Å²) >= 11 is 0. The maximum absolute atomic E-state index is 2.20. The summed E-state index contributed by atoms with van der Waals surface area (Å²) in [7, 11) is 0. The average molecular weight is 361 g/mol. The van der Waals surface area contributed by atoms with Gasteiger partial charge in [-0.2, -0.15) is 0 Å². The normalized spacial score (nSPS) is 9.67. The van der Waals surface area contributed by atoms with Gasteiger partial charge in [0.1, 0.15) is 0 Å². The highest BCUT2D eigenvalue weighted by Gasteiger charge is 1.92. The minimum atomic E-state index is 1.35. The van der Waals surface area contributed by atoms with Crippen LogP contribution >= 0.6 is 0 Å². The van der Waals surface area contributed by atoms with Gasteiger partial charge in [-0.05, 0) is 107 Å². The first-order valence-corrected chi connectivity index (χ1v) is 9.73. The van der Waals surface area contributed by atoms with Gasteiger partial charge in [0.05, 0.1) is 0 Å². The molecule has 0 nitrogen and oxygen atoms in total. The van der Waals surface area contributed by atoms with Crippen LogP contribution < -0.4 is 0 Å². The summed E-state index contributed by atoms with van der Waals surface area (Å²) < 4.78 is 0. The highest BCUT2D eigenvalue weighted by Crippen LogP contribution is 2.11. The smallest absolute Gasteiger partial charge is 0.0392 e. The molecule has 0 aliphatic heterocycles. The first-order chi connectivity index (χ1) is 12.6. The summed E-state index contributed by atoms with van der Waals surface area (Å²) in [6.07, 6.45) is 0. The van der Waals surface area contributed by atoms with Crippen molar-refractivity contribution in [2.75, 3.05) is 0 Å². The Balaban J connectivity index is 0.000000202. The molecule has 0 bridgehead atoms. The molecule has 0 atom stereocenters. The van der Waals surface area contributed by atoms with Gasteiger partial charge in [-0.3, -0.25) is 0 Å². The lowest BCUT2D eigenvalue weighted by molar-refractivity contribution is 1.27. The van der Waals surface area contributed by atoms with E-state index in [1.807, 2.05) is 0 Å². The second kappa shape index (κ2) is 10.7. The van der Waals surface area contributed by atoms with Crippen LogP contribution in [0, 0.1) is 62.3 Å². The van der Waals surface area contributed by atoms with Gasteiger partial charge in [-0.1, -0.05) is 60.2 Å². The van der Waals surface area contributed by atoms with Crippen molar-refractivity contribution in [1.29, 1.82) is 0 Å². The van der Waals surface area contributed by atoms with E-state index in [1.54, 1.807) is 0 Å². The molecule has 0 amide bonds. The van der Waals surface area contributed by atoms with Crippen LogP contribution in [0.25, 0.3) is 0 Å². The van der Waals surface area contributed by atoms with Crippen molar-refractivity contribution in [3.05, 3.63) is 105 Å². The van der Waals surface area contributed by atoms with Crippen molar-refractivity contribution in [3.63, 3.8) is 0 Å². The Labute approximate surface area is 167 Å². The monoisotopic (exact) mass is 360 g/mol. The summed E-state index contributed by atoms with van der Waals surface area (Å²) in [4.78, 5) is 0. The molecule has 3 rings (SSSR count). The fraction of sp³-hybridized carbons (Fsp3) is 0.333. The second-order valence-electron chi connectivity index (χ2n) is 7.62. The largest absolute Gasteiger partial charge is 0.0617 e. The van der Waals surface area contributed by atoms with E-state index in [2.05, 4.69) is 117 Å². The molecule has 0 saturated heterocycles. The number of hydrogen-bond acceptors (Lipinski definition) is 0. The Bertz CT molecular complexity index is 779. The molecule has 0 fully saturated rings. The molecule has 0 aromatic heterocycles. The molecule has 0 spiro atoms. The van der Waals surface area contributed by atoms with Crippen LogP contribution in [-0.4, -0.2) is 0 Å². The standard InChI is InChI=1S/3C9H12/c1-7-4-5-8(2)9(3)6-7;2*1-7-5-4-6-8(2)9(7)3/h3*4-6H,1-3H3. The van der Waals surface area contributed by atoms with E-state index >= 15 is 0 Å². The first-order valence-electron chi connectivity index (χ1n) is 9.73. The van der Waals surface area contributed by atoms with E-state index in [4.69, 9.17) is 0 Å². The molecule has 0 unspecified atom stereocenters. The molecular formula is C27H36. The predicted octanol–water partition coefficient (Wildman–Crippen LogP) is 7.84. The van der Waals surface area contributed by atoms with Crippen molar-refractivity contribution in [2.24, 2.45) is 0 Å². The van der Waals surface area contributed by atoms with Crippen molar-refractivity contribution in [3.8, 4) is 0 Å². The summed E-state index contributed by atoms with van der Waals surface area (Å²) in [6, 6.07) is 19.3. The van der Waals surface area contributed by atoms with Crippen LogP contribution in [-0.2, 0) is 0 Å². The zero-order valence-electron chi connectivity index (χ0n) is 18.7. The van der Waals surface area contributed by atoms with Gasteiger partial charge in [0.2, 0.25) is 0 Å². The zero-order chi connectivity index (χ0) is 20.6. The Morgan fingerprint density at radius 1 is 0.370 bits per heavy atom. The second-order valence-corrected chi connectivity index (χ2v) is 7.62. The molecule has 27 heavy (non-hydrogen) atoms. The van der Waals surface area contributed by atoms with E-state index < -0.39 is 0 Å². The van der Waals surface area contributed by atoms with Gasteiger partial charge in [-0.25, -0.2) is 0 Å². The average Bonchev–Trinajstić information content (AvgIpc) is 2.62. The van der Waals surface area contributed by atoms with E-state index in [9.17, 15) is 0 Å². The Hall–Kier alpha value is -2.34. The number of hydrogen-bond donors (Lipinski definition) is 0. The van der Waals surface area contributed by atoms with Crippen LogP contribution in [0.3, 0.4) is 0 Å². The van der Waals surface area contributed by atoms with Crippen molar-refractivity contribution in [2.45, 2.75) is 62.3 Å². The summed E-state index contributed by atoms with van der Waals surface area (Å²) in [6.45, 7) is 19.3. The SMILES string of the molecule is Cc1ccc(C)c(C)c1.Cc1cccc(C)c1C.Cc1cccc(C)c1C. The van der Waals surface area contributed by atoms with Gasteiger partial charge < -0.3 is 0 Å². The number of benzene rings is 3. The van der Waals surface area contributed by atoms with E-state index in [0.717, 1.165) is 0 Å². The summed E-state index contributed by atoms with van der Waals surface area (Å²) in [5, 5.41) is 0. The maximum Gasteiger partial charge on any atom is -0.0392 e. The van der Waals surface area contributed by atoms with Gasteiger partial charge in [0.25, 0.3) is 0 Å². The van der Waals surface area contributed by atoms with Gasteiger partial charge in [-0.15, -0.1) is 0 Å². The lowest BCUT2D eigenvalue weighted by atomic mass is 10.1. The lowest BCUT2D eigenvalue weighted by Crippen LogP contribution is -1.82. The fourth-order valence-corrected chi connectivity index (χ4v) is 2.69. The van der Waals surface area contributed by atoms with Crippen LogP contribution in [0.5, 0.6) is 0 Å². The number of rotatable bonds is 0. The van der Waals surface area contributed by atoms with E-state index in [-0.39, 0.29) is 0 Å². The molecule has 0 saturated carbocycles. The molecular weight excluding hydrogens is 324 g/mol. The molecule has 0 heterocycles. The fourth-order valence-electron chi connectivity index (χ4n) is 2.69. The Morgan fingerprint density at radius 3 is 1.00 bits per heavy atom. The van der Waals surface area contributed by atoms with Crippen molar-refractivity contribution < 1.29 is 0 Å². The van der Waals surface area contributed by atoms with E-state index in [1.165, 1.54) is 50.1 Å². The zero-order valence-corrected chi connectivity index (χ0v) is 18.7. The third kappa shape index (κ3) is 7.43. The van der Waals surface area contributed by atoms with Crippen LogP contribution in [0.4, 0.5) is 0 Å². The molecule has 144 valence electrons. The van der Waals surface area contributed by atoms with Gasteiger partial charge in [0.15, 0.2) is 0 Å². The Kier molecular flexibility index (Phi) is 9.02. The molecule has 0 N–H and O–H groups in total. The third-order valence-corrected chi connectivity index (χ3v) is 5.41. The minimum Gasteiger partial charge on any atom is -0.0617 e.